The molecular weight excluding hydrogens is 272 g/mol. The first-order valence-electron chi connectivity index (χ1n) is 7.35. The fraction of sp³-hybridized carbons (Fsp3) is 0.800. The minimum absolute atomic E-state index is 0.00763. The Morgan fingerprint density at radius 2 is 1.57 bits per heavy atom. The summed E-state index contributed by atoms with van der Waals surface area (Å²) in [5, 5.41) is 5.77. The van der Waals surface area contributed by atoms with Crippen LogP contribution in [0.3, 0.4) is 0 Å². The monoisotopic (exact) mass is 300 g/mol. The lowest BCUT2D eigenvalue weighted by Gasteiger charge is -2.07. The van der Waals surface area contributed by atoms with Gasteiger partial charge in [-0.25, -0.2) is 0 Å². The largest absolute Gasteiger partial charge is 0.379 e. The van der Waals surface area contributed by atoms with Gasteiger partial charge in [0.05, 0.1) is 39.6 Å². The highest BCUT2D eigenvalue weighted by molar-refractivity contribution is 5.75. The molecule has 21 heavy (non-hydrogen) atoms. The number of hydrogen-bond donors (Lipinski definition) is 2. The van der Waals surface area contributed by atoms with Gasteiger partial charge in [0.1, 0.15) is 0 Å². The van der Waals surface area contributed by atoms with Crippen LogP contribution in [-0.4, -0.2) is 65.7 Å². The molecule has 0 unspecified atom stereocenters. The normalized spacial score (nSPS) is 10.0. The van der Waals surface area contributed by atoms with E-state index in [0.717, 1.165) is 6.54 Å². The molecular formula is C15H28N2O4. The third-order valence-corrected chi connectivity index (χ3v) is 2.46. The maximum absolute atomic E-state index is 11.4. The molecule has 0 aliphatic carbocycles. The molecule has 0 aromatic heterocycles. The minimum atomic E-state index is -0.00763. The number of likely N-dealkylation sites (N-methyl/N-ethyl adjacent to an activating group) is 1. The second-order valence-corrected chi connectivity index (χ2v) is 4.22. The van der Waals surface area contributed by atoms with Crippen LogP contribution in [0.2, 0.25) is 0 Å². The van der Waals surface area contributed by atoms with Gasteiger partial charge in [-0.3, -0.25) is 4.79 Å². The highest BCUT2D eigenvalue weighted by Gasteiger charge is 1.99. The van der Waals surface area contributed by atoms with Gasteiger partial charge in [-0.15, -0.1) is 11.8 Å². The van der Waals surface area contributed by atoms with Crippen LogP contribution < -0.4 is 10.6 Å². The molecule has 2 N–H and O–H groups in total. The fourth-order valence-corrected chi connectivity index (χ4v) is 1.36. The van der Waals surface area contributed by atoms with Crippen LogP contribution in [0.4, 0.5) is 0 Å². The van der Waals surface area contributed by atoms with Crippen molar-refractivity contribution in [2.45, 2.75) is 19.8 Å². The van der Waals surface area contributed by atoms with Crippen LogP contribution in [-0.2, 0) is 19.0 Å². The van der Waals surface area contributed by atoms with Gasteiger partial charge < -0.3 is 24.8 Å². The molecule has 0 rings (SSSR count). The molecule has 0 saturated carbocycles. The minimum Gasteiger partial charge on any atom is -0.379 e. The predicted molar refractivity (Wildman–Crippen MR) is 82.1 cm³/mol. The zero-order valence-electron chi connectivity index (χ0n) is 13.2. The van der Waals surface area contributed by atoms with Gasteiger partial charge >= 0.3 is 0 Å². The first-order valence-corrected chi connectivity index (χ1v) is 7.35. The molecule has 0 aromatic rings. The van der Waals surface area contributed by atoms with Crippen LogP contribution >= 0.6 is 0 Å². The molecule has 0 aromatic carbocycles. The zero-order valence-corrected chi connectivity index (χ0v) is 13.2. The highest BCUT2D eigenvalue weighted by atomic mass is 16.5. The van der Waals surface area contributed by atoms with Crippen molar-refractivity contribution >= 4 is 5.91 Å². The van der Waals surface area contributed by atoms with Crippen molar-refractivity contribution in [2.75, 3.05) is 59.8 Å². The third kappa shape index (κ3) is 16.8. The van der Waals surface area contributed by atoms with Crippen molar-refractivity contribution < 1.29 is 19.0 Å². The van der Waals surface area contributed by atoms with Crippen LogP contribution in [0.25, 0.3) is 0 Å². The molecule has 0 radical (unpaired) electrons. The summed E-state index contributed by atoms with van der Waals surface area (Å²) in [5.41, 5.74) is 0. The quantitative estimate of drug-likeness (QED) is 0.354. The zero-order chi connectivity index (χ0) is 15.6. The first kappa shape index (κ1) is 19.9. The Morgan fingerprint density at radius 1 is 0.952 bits per heavy atom. The Kier molecular flexibility index (Phi) is 16.0. The smallest absolute Gasteiger partial charge is 0.222 e. The molecule has 6 heteroatoms. The molecule has 0 spiro atoms. The number of nitrogens with one attached hydrogen (secondary N) is 2. The standard InChI is InChI=1S/C15H28N2O4/c1-3-4-5-7-17-15(18)6-9-19-11-13-21-14-12-20-10-8-16-2/h16H,5-14H2,1-2H3,(H,17,18). The highest BCUT2D eigenvalue weighted by Crippen LogP contribution is 1.86. The van der Waals surface area contributed by atoms with E-state index in [-0.39, 0.29) is 5.91 Å². The number of rotatable bonds is 14. The van der Waals surface area contributed by atoms with Gasteiger partial charge in [0.15, 0.2) is 0 Å². The van der Waals surface area contributed by atoms with Crippen molar-refractivity contribution in [1.29, 1.82) is 0 Å². The van der Waals surface area contributed by atoms with Gasteiger partial charge in [-0.1, -0.05) is 0 Å². The third-order valence-electron chi connectivity index (χ3n) is 2.46. The summed E-state index contributed by atoms with van der Waals surface area (Å²) >= 11 is 0. The number of carbonyl (C=O) groups excluding carboxylic acids is 1. The molecule has 0 bridgehead atoms. The van der Waals surface area contributed by atoms with Crippen LogP contribution in [0.15, 0.2) is 0 Å². The Morgan fingerprint density at radius 3 is 2.19 bits per heavy atom. The van der Waals surface area contributed by atoms with Crippen LogP contribution in [0.1, 0.15) is 19.8 Å². The molecule has 0 atom stereocenters. The summed E-state index contributed by atoms with van der Waals surface area (Å²) in [7, 11) is 1.89. The van der Waals surface area contributed by atoms with Gasteiger partial charge in [-0.2, -0.15) is 0 Å². The lowest BCUT2D eigenvalue weighted by Crippen LogP contribution is -2.25. The van der Waals surface area contributed by atoms with Gasteiger partial charge in [0.2, 0.25) is 5.91 Å². The van der Waals surface area contributed by atoms with Crippen molar-refractivity contribution in [2.24, 2.45) is 0 Å². The predicted octanol–water partition coefficient (Wildman–Crippen LogP) is 0.175. The van der Waals surface area contributed by atoms with Gasteiger partial charge in [-0.05, 0) is 14.0 Å². The Bertz CT molecular complexity index is 300. The summed E-state index contributed by atoms with van der Waals surface area (Å²) in [4.78, 5) is 11.4. The topological polar surface area (TPSA) is 68.8 Å². The average Bonchev–Trinajstić information content (AvgIpc) is 2.49. The number of carbonyl (C=O) groups is 1. The molecule has 0 saturated heterocycles. The van der Waals surface area contributed by atoms with E-state index in [1.165, 1.54) is 0 Å². The van der Waals surface area contributed by atoms with E-state index < -0.39 is 0 Å². The van der Waals surface area contributed by atoms with Gasteiger partial charge in [0, 0.05) is 25.9 Å². The number of hydrogen-bond acceptors (Lipinski definition) is 5. The van der Waals surface area contributed by atoms with E-state index in [1.54, 1.807) is 6.92 Å². The van der Waals surface area contributed by atoms with E-state index in [1.807, 2.05) is 7.05 Å². The number of amides is 1. The van der Waals surface area contributed by atoms with Crippen molar-refractivity contribution in [3.05, 3.63) is 0 Å². The maximum Gasteiger partial charge on any atom is 0.222 e. The van der Waals surface area contributed by atoms with Crippen molar-refractivity contribution in [3.8, 4) is 11.8 Å². The van der Waals surface area contributed by atoms with E-state index in [2.05, 4.69) is 22.5 Å². The lowest BCUT2D eigenvalue weighted by atomic mass is 10.4. The molecule has 122 valence electrons. The Balaban J connectivity index is 3.13. The number of ether oxygens (including phenoxy) is 3. The summed E-state index contributed by atoms with van der Waals surface area (Å²) in [6.07, 6.45) is 1.06. The van der Waals surface area contributed by atoms with Crippen molar-refractivity contribution in [1.82, 2.24) is 10.6 Å². The maximum atomic E-state index is 11.4. The fourth-order valence-electron chi connectivity index (χ4n) is 1.36. The first-order chi connectivity index (χ1) is 10.3. The molecule has 0 aliphatic rings. The van der Waals surface area contributed by atoms with E-state index >= 15 is 0 Å². The molecule has 6 nitrogen and oxygen atoms in total. The van der Waals surface area contributed by atoms with Crippen molar-refractivity contribution in [3.63, 3.8) is 0 Å². The Labute approximate surface area is 127 Å². The average molecular weight is 300 g/mol. The summed E-state index contributed by atoms with van der Waals surface area (Å²) in [5.74, 6) is 5.66. The molecule has 0 heterocycles. The summed E-state index contributed by atoms with van der Waals surface area (Å²) in [6, 6.07) is 0. The molecule has 0 fully saturated rings. The second kappa shape index (κ2) is 16.9. The van der Waals surface area contributed by atoms with Crippen LogP contribution in [0.5, 0.6) is 0 Å². The van der Waals surface area contributed by atoms with Crippen LogP contribution in [0, 0.1) is 11.8 Å². The lowest BCUT2D eigenvalue weighted by molar-refractivity contribution is -0.122. The van der Waals surface area contributed by atoms with E-state index in [4.69, 9.17) is 14.2 Å². The SMILES string of the molecule is CC#CCCNC(=O)CCOCCOCCOCCNC. The second-order valence-electron chi connectivity index (χ2n) is 4.22. The van der Waals surface area contributed by atoms with E-state index in [9.17, 15) is 4.79 Å². The van der Waals surface area contributed by atoms with E-state index in [0.29, 0.717) is 59.0 Å². The molecule has 0 aliphatic heterocycles. The molecule has 1 amide bonds. The van der Waals surface area contributed by atoms with Gasteiger partial charge in [0.25, 0.3) is 0 Å². The summed E-state index contributed by atoms with van der Waals surface area (Å²) in [6.45, 7) is 6.48. The summed E-state index contributed by atoms with van der Waals surface area (Å²) < 4.78 is 15.9. The Hall–Kier alpha value is -1.13.